The molecule has 30 heavy (non-hydrogen) atoms. The van der Waals surface area contributed by atoms with Gasteiger partial charge < -0.3 is 18.4 Å². The van der Waals surface area contributed by atoms with Crippen molar-refractivity contribution in [1.82, 2.24) is 0 Å². The van der Waals surface area contributed by atoms with Crippen LogP contribution in [0.1, 0.15) is 58.4 Å². The molecule has 1 aliphatic carbocycles. The SMILES string of the molecule is C=C1C[N@+]2(C3CCC[C@@H]3OCc3ccccc3)CC(=O)O[B-]2([C@H](C)C[C@@H](C)CC)O1. The summed E-state index contributed by atoms with van der Waals surface area (Å²) in [6.45, 7) is 10.7. The summed E-state index contributed by atoms with van der Waals surface area (Å²) in [5, 5.41) is 0. The highest BCUT2D eigenvalue weighted by Gasteiger charge is 2.71. The minimum atomic E-state index is -1.82. The summed E-state index contributed by atoms with van der Waals surface area (Å²) in [7, 11) is 0. The van der Waals surface area contributed by atoms with Gasteiger partial charge in [0.2, 0.25) is 0 Å². The first-order chi connectivity index (χ1) is 14.4. The van der Waals surface area contributed by atoms with Crippen LogP contribution < -0.4 is 0 Å². The number of hydrogen-bond donors (Lipinski definition) is 0. The van der Waals surface area contributed by atoms with E-state index in [-0.39, 0.29) is 23.9 Å². The van der Waals surface area contributed by atoms with Crippen molar-refractivity contribution in [3.8, 4) is 0 Å². The van der Waals surface area contributed by atoms with Gasteiger partial charge in [-0.2, -0.15) is 0 Å². The van der Waals surface area contributed by atoms with Gasteiger partial charge in [-0.1, -0.05) is 70.5 Å². The van der Waals surface area contributed by atoms with E-state index in [9.17, 15) is 4.79 Å². The predicted octanol–water partition coefficient (Wildman–Crippen LogP) is 4.81. The molecule has 0 aromatic heterocycles. The Bertz CT molecular complexity index is 763. The van der Waals surface area contributed by atoms with Gasteiger partial charge in [-0.3, -0.25) is 4.79 Å². The number of fused-ring (bicyclic) bond motifs is 1. The summed E-state index contributed by atoms with van der Waals surface area (Å²) in [4.78, 5) is 12.7. The fourth-order valence-corrected chi connectivity index (χ4v) is 6.30. The van der Waals surface area contributed by atoms with Crippen molar-refractivity contribution in [1.29, 1.82) is 0 Å². The van der Waals surface area contributed by atoms with Gasteiger partial charge in [0.05, 0.1) is 25.0 Å². The van der Waals surface area contributed by atoms with Crippen LogP contribution in [-0.2, 0) is 25.4 Å². The van der Waals surface area contributed by atoms with E-state index in [1.54, 1.807) is 0 Å². The third kappa shape index (κ3) is 3.58. The molecule has 1 aromatic rings. The number of benzene rings is 1. The molecule has 164 valence electrons. The Balaban J connectivity index is 1.61. The van der Waals surface area contributed by atoms with E-state index in [4.69, 9.17) is 14.0 Å². The van der Waals surface area contributed by atoms with Gasteiger partial charge in [0.25, 0.3) is 0 Å². The maximum absolute atomic E-state index is 12.7. The lowest BCUT2D eigenvalue weighted by atomic mass is 9.53. The van der Waals surface area contributed by atoms with Crippen molar-refractivity contribution in [3.63, 3.8) is 0 Å². The summed E-state index contributed by atoms with van der Waals surface area (Å²) in [5.74, 6) is 1.34. The largest absolute Gasteiger partial charge is 0.630 e. The van der Waals surface area contributed by atoms with E-state index in [1.807, 2.05) is 18.2 Å². The van der Waals surface area contributed by atoms with Gasteiger partial charge >= 0.3 is 12.7 Å². The van der Waals surface area contributed by atoms with Gasteiger partial charge in [0.15, 0.2) is 0 Å². The smallest absolute Gasteiger partial charge is 0.585 e. The van der Waals surface area contributed by atoms with Crippen LogP contribution in [0.2, 0.25) is 5.82 Å². The zero-order valence-corrected chi connectivity index (χ0v) is 18.7. The van der Waals surface area contributed by atoms with Crippen LogP contribution in [0, 0.1) is 5.92 Å². The third-order valence-corrected chi connectivity index (χ3v) is 7.82. The number of hydrogen-bond acceptors (Lipinski definition) is 4. The molecule has 5 nitrogen and oxygen atoms in total. The highest BCUT2D eigenvalue weighted by molar-refractivity contribution is 6.65. The molecule has 2 heterocycles. The maximum atomic E-state index is 12.7. The first-order valence-corrected chi connectivity index (χ1v) is 11.7. The molecule has 6 atom stereocenters. The zero-order valence-electron chi connectivity index (χ0n) is 18.7. The van der Waals surface area contributed by atoms with Crippen LogP contribution in [0.3, 0.4) is 0 Å². The maximum Gasteiger partial charge on any atom is 0.585 e. The summed E-state index contributed by atoms with van der Waals surface area (Å²) in [5.41, 5.74) is 1.18. The number of rotatable bonds is 8. The molecule has 3 fully saturated rings. The average molecular weight is 413 g/mol. The first-order valence-electron chi connectivity index (χ1n) is 11.7. The molecule has 1 saturated carbocycles. The second-order valence-corrected chi connectivity index (χ2v) is 9.85. The first kappa shape index (κ1) is 21.4. The van der Waals surface area contributed by atoms with Crippen molar-refractivity contribution in [3.05, 3.63) is 48.2 Å². The molecule has 0 N–H and O–H groups in total. The molecular formula is C24H36BNO4. The van der Waals surface area contributed by atoms with Gasteiger partial charge in [0, 0.05) is 0 Å². The van der Waals surface area contributed by atoms with E-state index in [1.165, 1.54) is 5.56 Å². The monoisotopic (exact) mass is 413 g/mol. The standard InChI is InChI=1S/C24H36BNO4/c1-5-18(2)14-19(3)25-26(15-20(4)29-25,16-24(27)30-25)22-12-9-13-23(22)28-17-21-10-7-6-8-11-21/h6-8,10-11,18-19,22-23H,4-5,9,12-17H2,1-3H3/t18-,19+,22?,23-,25?,26+/m0/s1. The number of carbonyl (C=O) groups is 1. The molecule has 0 spiro atoms. The molecule has 2 aliphatic heterocycles. The lowest BCUT2D eigenvalue weighted by Gasteiger charge is -2.52. The lowest BCUT2D eigenvalue weighted by molar-refractivity contribution is -0.848. The second-order valence-electron chi connectivity index (χ2n) is 9.85. The molecular weight excluding hydrogens is 377 g/mol. The zero-order chi connectivity index (χ0) is 21.4. The minimum absolute atomic E-state index is 0.103. The summed E-state index contributed by atoms with van der Waals surface area (Å²) in [6, 6.07) is 10.5. The Morgan fingerprint density at radius 3 is 2.70 bits per heavy atom. The normalized spacial score (nSPS) is 35.0. The van der Waals surface area contributed by atoms with Gasteiger partial charge in [-0.15, -0.1) is 0 Å². The van der Waals surface area contributed by atoms with Crippen LogP contribution in [0.5, 0.6) is 0 Å². The van der Waals surface area contributed by atoms with E-state index < -0.39 is 6.69 Å². The Morgan fingerprint density at radius 2 is 1.97 bits per heavy atom. The Labute approximate surface area is 181 Å². The Morgan fingerprint density at radius 1 is 1.20 bits per heavy atom. The molecule has 2 saturated heterocycles. The van der Waals surface area contributed by atoms with Gasteiger partial charge in [-0.25, -0.2) is 0 Å². The van der Waals surface area contributed by atoms with Gasteiger partial charge in [0.1, 0.15) is 12.6 Å². The number of ether oxygens (including phenoxy) is 1. The van der Waals surface area contributed by atoms with E-state index in [0.717, 1.165) is 37.9 Å². The number of quaternary nitrogens is 1. The lowest BCUT2D eigenvalue weighted by Crippen LogP contribution is -2.70. The summed E-state index contributed by atoms with van der Waals surface area (Å²) < 4.78 is 19.6. The minimum Gasteiger partial charge on any atom is -0.630 e. The van der Waals surface area contributed by atoms with Crippen molar-refractivity contribution < 1.29 is 23.2 Å². The Kier molecular flexibility index (Phi) is 6.00. The van der Waals surface area contributed by atoms with Crippen molar-refractivity contribution in [2.45, 2.75) is 77.4 Å². The fourth-order valence-electron chi connectivity index (χ4n) is 6.30. The number of nitrogens with zero attached hydrogens (tertiary/aromatic N) is 1. The second kappa shape index (κ2) is 8.39. The quantitative estimate of drug-likeness (QED) is 0.574. The van der Waals surface area contributed by atoms with Crippen LogP contribution >= 0.6 is 0 Å². The van der Waals surface area contributed by atoms with Crippen molar-refractivity contribution in [2.24, 2.45) is 5.92 Å². The van der Waals surface area contributed by atoms with Crippen molar-refractivity contribution in [2.75, 3.05) is 13.1 Å². The topological polar surface area (TPSA) is 44.8 Å². The van der Waals surface area contributed by atoms with Crippen LogP contribution in [0.15, 0.2) is 42.7 Å². The highest BCUT2D eigenvalue weighted by Crippen LogP contribution is 2.52. The molecule has 0 bridgehead atoms. The molecule has 1 aromatic carbocycles. The van der Waals surface area contributed by atoms with Crippen molar-refractivity contribution >= 4 is 12.7 Å². The number of carbonyl (C=O) groups excluding carboxylic acids is 1. The summed E-state index contributed by atoms with van der Waals surface area (Å²) >= 11 is 0. The predicted molar refractivity (Wildman–Crippen MR) is 118 cm³/mol. The Hall–Kier alpha value is -1.79. The van der Waals surface area contributed by atoms with Crippen LogP contribution in [0.25, 0.3) is 0 Å². The highest BCUT2D eigenvalue weighted by atomic mass is 16.7. The van der Waals surface area contributed by atoms with Crippen LogP contribution in [-0.4, -0.2) is 42.3 Å². The average Bonchev–Trinajstić information content (AvgIpc) is 3.37. The molecule has 0 radical (unpaired) electrons. The third-order valence-electron chi connectivity index (χ3n) is 7.82. The van der Waals surface area contributed by atoms with Crippen LogP contribution in [0.4, 0.5) is 0 Å². The fraction of sp³-hybridized carbons (Fsp3) is 0.625. The van der Waals surface area contributed by atoms with E-state index >= 15 is 0 Å². The van der Waals surface area contributed by atoms with E-state index in [0.29, 0.717) is 30.0 Å². The molecule has 6 heteroatoms. The molecule has 0 amide bonds. The molecule has 4 rings (SSSR count). The van der Waals surface area contributed by atoms with E-state index in [2.05, 4.69) is 39.5 Å². The summed E-state index contributed by atoms with van der Waals surface area (Å²) in [6.07, 6.45) is 5.36. The molecule has 2 unspecified atom stereocenters. The van der Waals surface area contributed by atoms with Gasteiger partial charge in [-0.05, 0) is 36.6 Å². The molecule has 3 aliphatic rings.